The van der Waals surface area contributed by atoms with Gasteiger partial charge in [0.05, 0.1) is 0 Å². The number of carbonyl (C=O) groups is 1. The maximum absolute atomic E-state index is 11.9. The van der Waals surface area contributed by atoms with Gasteiger partial charge in [-0.1, -0.05) is 45.4 Å². The number of rotatable bonds is 12. The Morgan fingerprint density at radius 1 is 0.944 bits per heavy atom. The highest BCUT2D eigenvalue weighted by Gasteiger charge is 2.09. The third-order valence-corrected chi connectivity index (χ3v) is 3.56. The number of hydrogen-bond donors (Lipinski definition) is 0. The Balaban J connectivity index is 3.49. The Labute approximate surface area is 118 Å². The summed E-state index contributed by atoms with van der Waals surface area (Å²) in [6.07, 6.45) is 10.5. The van der Waals surface area contributed by atoms with Gasteiger partial charge in [-0.25, -0.2) is 0 Å². The van der Waals surface area contributed by atoms with Crippen molar-refractivity contribution in [3.63, 3.8) is 0 Å². The molecule has 0 N–H and O–H groups in total. The summed E-state index contributed by atoms with van der Waals surface area (Å²) in [6, 6.07) is 0. The number of hydrogen-bond acceptors (Lipinski definition) is 1. The van der Waals surface area contributed by atoms with Crippen LogP contribution in [0, 0.1) is 0 Å². The van der Waals surface area contributed by atoms with E-state index in [1.165, 1.54) is 38.5 Å². The Morgan fingerprint density at radius 2 is 1.56 bits per heavy atom. The van der Waals surface area contributed by atoms with Crippen molar-refractivity contribution in [3.05, 3.63) is 0 Å². The second kappa shape index (κ2) is 13.2. The number of carbonyl (C=O) groups excluding carboxylic acids is 1. The first-order valence-electron chi connectivity index (χ1n) is 7.60. The Kier molecular flexibility index (Phi) is 13.0. The largest absolute Gasteiger partial charge is 0.343 e. The summed E-state index contributed by atoms with van der Waals surface area (Å²) in [5, 5.41) is 0. The van der Waals surface area contributed by atoms with Crippen LogP contribution in [0.1, 0.15) is 71.6 Å². The van der Waals surface area contributed by atoms with E-state index >= 15 is 0 Å². The van der Waals surface area contributed by atoms with E-state index in [9.17, 15) is 4.79 Å². The maximum Gasteiger partial charge on any atom is 0.222 e. The predicted molar refractivity (Wildman–Crippen MR) is 80.2 cm³/mol. The van der Waals surface area contributed by atoms with Crippen LogP contribution in [0.3, 0.4) is 0 Å². The molecule has 0 unspecified atom stereocenters. The first-order chi connectivity index (χ1) is 8.76. The summed E-state index contributed by atoms with van der Waals surface area (Å²) in [7, 11) is 0. The summed E-state index contributed by atoms with van der Waals surface area (Å²) >= 11 is 5.66. The molecule has 1 amide bonds. The molecule has 0 aromatic rings. The highest BCUT2D eigenvalue weighted by molar-refractivity contribution is 6.17. The van der Waals surface area contributed by atoms with E-state index in [-0.39, 0.29) is 0 Å². The number of halogens is 1. The Hall–Kier alpha value is -0.240. The van der Waals surface area contributed by atoms with Gasteiger partial charge in [0.2, 0.25) is 5.91 Å². The molecule has 0 aliphatic carbocycles. The first-order valence-corrected chi connectivity index (χ1v) is 8.13. The van der Waals surface area contributed by atoms with Crippen molar-refractivity contribution in [2.75, 3.05) is 19.0 Å². The number of unbranched alkanes of at least 4 members (excludes halogenated alkanes) is 6. The highest BCUT2D eigenvalue weighted by Crippen LogP contribution is 2.09. The topological polar surface area (TPSA) is 20.3 Å². The molecule has 0 bridgehead atoms. The standard InChI is InChI=1S/C15H30ClNO/c1-3-5-6-7-8-9-10-12-15(18)17(4-2)14-11-13-16/h3-14H2,1-2H3. The van der Waals surface area contributed by atoms with Gasteiger partial charge in [-0.15, -0.1) is 11.6 Å². The molecule has 0 saturated carbocycles. The molecular formula is C15H30ClNO. The molecular weight excluding hydrogens is 246 g/mol. The fraction of sp³-hybridized carbons (Fsp3) is 0.933. The molecule has 0 aliphatic rings. The van der Waals surface area contributed by atoms with E-state index in [1.807, 2.05) is 11.8 Å². The molecule has 0 heterocycles. The van der Waals surface area contributed by atoms with Crippen LogP contribution in [0.2, 0.25) is 0 Å². The third-order valence-electron chi connectivity index (χ3n) is 3.29. The van der Waals surface area contributed by atoms with Gasteiger partial charge in [-0.05, 0) is 19.8 Å². The van der Waals surface area contributed by atoms with Crippen LogP contribution >= 0.6 is 11.6 Å². The van der Waals surface area contributed by atoms with Crippen LogP contribution in [-0.4, -0.2) is 29.8 Å². The normalized spacial score (nSPS) is 10.6. The average Bonchev–Trinajstić information content (AvgIpc) is 2.38. The van der Waals surface area contributed by atoms with Gasteiger partial charge >= 0.3 is 0 Å². The molecule has 0 aromatic heterocycles. The fourth-order valence-electron chi connectivity index (χ4n) is 2.10. The number of amides is 1. The molecule has 2 nitrogen and oxygen atoms in total. The van der Waals surface area contributed by atoms with E-state index in [2.05, 4.69) is 6.92 Å². The second-order valence-corrected chi connectivity index (χ2v) is 5.27. The van der Waals surface area contributed by atoms with Crippen molar-refractivity contribution in [2.24, 2.45) is 0 Å². The molecule has 0 radical (unpaired) electrons. The summed E-state index contributed by atoms with van der Waals surface area (Å²) < 4.78 is 0. The molecule has 0 aromatic carbocycles. The lowest BCUT2D eigenvalue weighted by Gasteiger charge is -2.20. The summed E-state index contributed by atoms with van der Waals surface area (Å²) in [5.41, 5.74) is 0. The van der Waals surface area contributed by atoms with Gasteiger partial charge in [0.15, 0.2) is 0 Å². The van der Waals surface area contributed by atoms with Crippen molar-refractivity contribution in [3.8, 4) is 0 Å². The summed E-state index contributed by atoms with van der Waals surface area (Å²) in [5.74, 6) is 0.942. The van der Waals surface area contributed by atoms with E-state index in [1.54, 1.807) is 0 Å². The summed E-state index contributed by atoms with van der Waals surface area (Å²) in [6.45, 7) is 5.90. The minimum Gasteiger partial charge on any atom is -0.343 e. The predicted octanol–water partition coefficient (Wildman–Crippen LogP) is 4.60. The molecule has 0 fully saturated rings. The van der Waals surface area contributed by atoms with Crippen LogP contribution in [0.15, 0.2) is 0 Å². The van der Waals surface area contributed by atoms with Gasteiger partial charge < -0.3 is 4.90 Å². The van der Waals surface area contributed by atoms with Gasteiger partial charge in [0.1, 0.15) is 0 Å². The smallest absolute Gasteiger partial charge is 0.222 e. The lowest BCUT2D eigenvalue weighted by atomic mass is 10.1. The van der Waals surface area contributed by atoms with Crippen molar-refractivity contribution in [1.82, 2.24) is 4.90 Å². The van der Waals surface area contributed by atoms with E-state index < -0.39 is 0 Å². The number of nitrogens with zero attached hydrogens (tertiary/aromatic N) is 1. The van der Waals surface area contributed by atoms with Crippen LogP contribution in [0.4, 0.5) is 0 Å². The molecule has 0 saturated heterocycles. The molecule has 18 heavy (non-hydrogen) atoms. The quantitative estimate of drug-likeness (QED) is 0.376. The second-order valence-electron chi connectivity index (χ2n) is 4.89. The van der Waals surface area contributed by atoms with Gasteiger partial charge in [-0.2, -0.15) is 0 Å². The minimum atomic E-state index is 0.302. The maximum atomic E-state index is 11.9. The van der Waals surface area contributed by atoms with Crippen LogP contribution in [0.5, 0.6) is 0 Å². The van der Waals surface area contributed by atoms with Gasteiger partial charge in [0, 0.05) is 25.4 Å². The minimum absolute atomic E-state index is 0.302. The van der Waals surface area contributed by atoms with E-state index in [4.69, 9.17) is 11.6 Å². The van der Waals surface area contributed by atoms with Crippen LogP contribution in [-0.2, 0) is 4.79 Å². The van der Waals surface area contributed by atoms with Crippen molar-refractivity contribution >= 4 is 17.5 Å². The molecule has 0 aliphatic heterocycles. The molecule has 0 spiro atoms. The van der Waals surface area contributed by atoms with E-state index in [0.29, 0.717) is 18.2 Å². The highest BCUT2D eigenvalue weighted by atomic mass is 35.5. The SMILES string of the molecule is CCCCCCCCCC(=O)N(CC)CCCCl. The molecule has 3 heteroatoms. The zero-order chi connectivity index (χ0) is 13.6. The van der Waals surface area contributed by atoms with Gasteiger partial charge in [0.25, 0.3) is 0 Å². The van der Waals surface area contributed by atoms with Crippen LogP contribution < -0.4 is 0 Å². The number of alkyl halides is 1. The molecule has 108 valence electrons. The third kappa shape index (κ3) is 9.76. The Morgan fingerprint density at radius 3 is 2.11 bits per heavy atom. The van der Waals surface area contributed by atoms with Crippen molar-refractivity contribution in [1.29, 1.82) is 0 Å². The van der Waals surface area contributed by atoms with E-state index in [0.717, 1.165) is 25.9 Å². The zero-order valence-corrected chi connectivity index (χ0v) is 13.0. The lowest BCUT2D eigenvalue weighted by molar-refractivity contribution is -0.131. The molecule has 0 rings (SSSR count). The lowest BCUT2D eigenvalue weighted by Crippen LogP contribution is -2.31. The molecule has 0 atom stereocenters. The zero-order valence-electron chi connectivity index (χ0n) is 12.2. The Bertz CT molecular complexity index is 197. The fourth-order valence-corrected chi connectivity index (χ4v) is 2.22. The summed E-state index contributed by atoms with van der Waals surface area (Å²) in [4.78, 5) is 13.8. The van der Waals surface area contributed by atoms with Crippen molar-refractivity contribution in [2.45, 2.75) is 71.6 Å². The average molecular weight is 276 g/mol. The van der Waals surface area contributed by atoms with Crippen molar-refractivity contribution < 1.29 is 4.79 Å². The first kappa shape index (κ1) is 17.8. The monoisotopic (exact) mass is 275 g/mol. The van der Waals surface area contributed by atoms with Crippen LogP contribution in [0.25, 0.3) is 0 Å². The van der Waals surface area contributed by atoms with Gasteiger partial charge in [-0.3, -0.25) is 4.79 Å².